The molecule has 0 radical (unpaired) electrons. The van der Waals surface area contributed by atoms with Crippen LogP contribution in [0.15, 0.2) is 33.9 Å². The van der Waals surface area contributed by atoms with Gasteiger partial charge in [0, 0.05) is 10.2 Å². The van der Waals surface area contributed by atoms with Crippen molar-refractivity contribution >= 4 is 43.8 Å². The van der Waals surface area contributed by atoms with Gasteiger partial charge in [0.15, 0.2) is 5.13 Å². The lowest BCUT2D eigenvalue weighted by Gasteiger charge is -2.01. The van der Waals surface area contributed by atoms with E-state index >= 15 is 0 Å². The van der Waals surface area contributed by atoms with E-state index in [4.69, 9.17) is 5.21 Å². The standard InChI is InChI=1S/C12H12BrN3OS/c1-7-11(8(2)16-17)18-12(14-7)15-10-5-3-9(13)4-6-10/h3-6,17H,1-2H3,(H,14,15)/b16-8+. The van der Waals surface area contributed by atoms with E-state index in [1.807, 2.05) is 31.2 Å². The van der Waals surface area contributed by atoms with E-state index in [-0.39, 0.29) is 0 Å². The summed E-state index contributed by atoms with van der Waals surface area (Å²) in [5, 5.41) is 16.0. The van der Waals surface area contributed by atoms with Crippen LogP contribution in [0, 0.1) is 6.92 Å². The Bertz CT molecular complexity index is 578. The third kappa shape index (κ3) is 2.88. The Hall–Kier alpha value is -1.40. The van der Waals surface area contributed by atoms with Crippen molar-refractivity contribution in [1.29, 1.82) is 0 Å². The molecule has 2 N–H and O–H groups in total. The number of nitrogens with zero attached hydrogens (tertiary/aromatic N) is 2. The van der Waals surface area contributed by atoms with Gasteiger partial charge in [-0.05, 0) is 38.1 Å². The molecule has 0 saturated carbocycles. The lowest BCUT2D eigenvalue weighted by atomic mass is 10.3. The average Bonchev–Trinajstić information content (AvgIpc) is 2.72. The van der Waals surface area contributed by atoms with E-state index in [1.165, 1.54) is 11.3 Å². The van der Waals surface area contributed by atoms with Crippen LogP contribution in [-0.2, 0) is 0 Å². The smallest absolute Gasteiger partial charge is 0.188 e. The molecule has 0 aliphatic rings. The highest BCUT2D eigenvalue weighted by atomic mass is 79.9. The van der Waals surface area contributed by atoms with Gasteiger partial charge in [-0.3, -0.25) is 0 Å². The number of nitrogens with one attached hydrogen (secondary N) is 1. The number of rotatable bonds is 3. The maximum absolute atomic E-state index is 8.78. The molecule has 0 bridgehead atoms. The van der Waals surface area contributed by atoms with Gasteiger partial charge in [0.25, 0.3) is 0 Å². The second kappa shape index (κ2) is 5.49. The zero-order chi connectivity index (χ0) is 13.1. The molecule has 2 aromatic rings. The maximum atomic E-state index is 8.78. The molecule has 0 fully saturated rings. The van der Waals surface area contributed by atoms with Gasteiger partial charge in [-0.25, -0.2) is 4.98 Å². The van der Waals surface area contributed by atoms with E-state index in [0.717, 1.165) is 25.9 Å². The van der Waals surface area contributed by atoms with Crippen molar-refractivity contribution in [2.45, 2.75) is 13.8 Å². The highest BCUT2D eigenvalue weighted by molar-refractivity contribution is 9.10. The molecule has 2 rings (SSSR count). The van der Waals surface area contributed by atoms with Gasteiger partial charge >= 0.3 is 0 Å². The molecule has 1 aromatic carbocycles. The largest absolute Gasteiger partial charge is 0.411 e. The third-order valence-electron chi connectivity index (χ3n) is 2.37. The zero-order valence-electron chi connectivity index (χ0n) is 9.94. The van der Waals surface area contributed by atoms with Crippen molar-refractivity contribution in [3.05, 3.63) is 39.3 Å². The van der Waals surface area contributed by atoms with Crippen LogP contribution in [0.1, 0.15) is 17.5 Å². The molecule has 4 nitrogen and oxygen atoms in total. The second-order valence-electron chi connectivity index (χ2n) is 3.75. The summed E-state index contributed by atoms with van der Waals surface area (Å²) in [6.45, 7) is 3.65. The van der Waals surface area contributed by atoms with Crippen LogP contribution >= 0.6 is 27.3 Å². The summed E-state index contributed by atoms with van der Waals surface area (Å²) in [4.78, 5) is 5.29. The number of hydrogen-bond donors (Lipinski definition) is 2. The predicted molar refractivity (Wildman–Crippen MR) is 78.3 cm³/mol. The van der Waals surface area contributed by atoms with Crippen LogP contribution < -0.4 is 5.32 Å². The Morgan fingerprint density at radius 2 is 2.06 bits per heavy atom. The monoisotopic (exact) mass is 325 g/mol. The van der Waals surface area contributed by atoms with Crippen molar-refractivity contribution in [2.24, 2.45) is 5.16 Å². The van der Waals surface area contributed by atoms with Crippen molar-refractivity contribution in [3.8, 4) is 0 Å². The van der Waals surface area contributed by atoms with Gasteiger partial charge in [0.2, 0.25) is 0 Å². The van der Waals surface area contributed by atoms with E-state index in [0.29, 0.717) is 5.71 Å². The topological polar surface area (TPSA) is 57.5 Å². The Labute approximate surface area is 118 Å². The zero-order valence-corrected chi connectivity index (χ0v) is 12.3. The number of aryl methyl sites for hydroxylation is 1. The highest BCUT2D eigenvalue weighted by Crippen LogP contribution is 2.26. The molecular weight excluding hydrogens is 314 g/mol. The number of aromatic nitrogens is 1. The molecule has 0 aliphatic heterocycles. The second-order valence-corrected chi connectivity index (χ2v) is 5.67. The van der Waals surface area contributed by atoms with Crippen molar-refractivity contribution in [2.75, 3.05) is 5.32 Å². The number of anilines is 2. The summed E-state index contributed by atoms with van der Waals surface area (Å²) in [5.74, 6) is 0. The Morgan fingerprint density at radius 3 is 2.67 bits per heavy atom. The van der Waals surface area contributed by atoms with Crippen LogP contribution in [0.5, 0.6) is 0 Å². The SMILES string of the molecule is C/C(=N\O)c1sc(Nc2ccc(Br)cc2)nc1C. The molecule has 0 saturated heterocycles. The first-order valence-electron chi connectivity index (χ1n) is 5.29. The van der Waals surface area contributed by atoms with Crippen molar-refractivity contribution < 1.29 is 5.21 Å². The molecule has 0 atom stereocenters. The minimum Gasteiger partial charge on any atom is -0.411 e. The van der Waals surface area contributed by atoms with Crippen molar-refractivity contribution in [1.82, 2.24) is 4.98 Å². The fraction of sp³-hybridized carbons (Fsp3) is 0.167. The number of halogens is 1. The average molecular weight is 326 g/mol. The van der Waals surface area contributed by atoms with Gasteiger partial charge in [-0.1, -0.05) is 32.4 Å². The molecule has 94 valence electrons. The Balaban J connectivity index is 2.23. The van der Waals surface area contributed by atoms with E-state index in [1.54, 1.807) is 6.92 Å². The fourth-order valence-electron chi connectivity index (χ4n) is 1.49. The first-order valence-corrected chi connectivity index (χ1v) is 6.90. The van der Waals surface area contributed by atoms with Crippen LogP contribution in [0.4, 0.5) is 10.8 Å². The summed E-state index contributed by atoms with van der Waals surface area (Å²) in [7, 11) is 0. The lowest BCUT2D eigenvalue weighted by molar-refractivity contribution is 0.319. The molecule has 6 heteroatoms. The normalized spacial score (nSPS) is 11.6. The van der Waals surface area contributed by atoms with Crippen LogP contribution in [-0.4, -0.2) is 15.9 Å². The minimum atomic E-state index is 0.578. The number of hydrogen-bond acceptors (Lipinski definition) is 5. The summed E-state index contributed by atoms with van der Waals surface area (Å²) >= 11 is 4.86. The minimum absolute atomic E-state index is 0.578. The molecule has 1 heterocycles. The molecule has 0 amide bonds. The quantitative estimate of drug-likeness (QED) is 0.506. The van der Waals surface area contributed by atoms with Crippen LogP contribution in [0.2, 0.25) is 0 Å². The first-order chi connectivity index (χ1) is 8.60. The summed E-state index contributed by atoms with van der Waals surface area (Å²) in [6, 6.07) is 7.86. The van der Waals surface area contributed by atoms with Gasteiger partial charge < -0.3 is 10.5 Å². The van der Waals surface area contributed by atoms with E-state index < -0.39 is 0 Å². The fourth-order valence-corrected chi connectivity index (χ4v) is 2.68. The molecule has 18 heavy (non-hydrogen) atoms. The molecule has 0 spiro atoms. The number of benzene rings is 1. The maximum Gasteiger partial charge on any atom is 0.188 e. The Kier molecular flexibility index (Phi) is 3.98. The first kappa shape index (κ1) is 13.0. The molecule has 1 aromatic heterocycles. The summed E-state index contributed by atoms with van der Waals surface area (Å²) in [5.41, 5.74) is 2.40. The highest BCUT2D eigenvalue weighted by Gasteiger charge is 2.10. The van der Waals surface area contributed by atoms with Crippen LogP contribution in [0.25, 0.3) is 0 Å². The molecule has 0 aliphatic carbocycles. The summed E-state index contributed by atoms with van der Waals surface area (Å²) < 4.78 is 1.03. The van der Waals surface area contributed by atoms with Crippen LogP contribution in [0.3, 0.4) is 0 Å². The van der Waals surface area contributed by atoms with E-state index in [2.05, 4.69) is 31.4 Å². The summed E-state index contributed by atoms with van der Waals surface area (Å²) in [6.07, 6.45) is 0. The van der Waals surface area contributed by atoms with Gasteiger partial charge in [-0.2, -0.15) is 0 Å². The van der Waals surface area contributed by atoms with E-state index in [9.17, 15) is 0 Å². The van der Waals surface area contributed by atoms with Gasteiger partial charge in [0.1, 0.15) is 0 Å². The van der Waals surface area contributed by atoms with Crippen molar-refractivity contribution in [3.63, 3.8) is 0 Å². The predicted octanol–water partition coefficient (Wildman–Crippen LogP) is 4.16. The van der Waals surface area contributed by atoms with Gasteiger partial charge in [-0.15, -0.1) is 0 Å². The lowest BCUT2D eigenvalue weighted by Crippen LogP contribution is -1.92. The Morgan fingerprint density at radius 1 is 1.39 bits per heavy atom. The number of thiazole rings is 1. The van der Waals surface area contributed by atoms with Gasteiger partial charge in [0.05, 0.1) is 16.3 Å². The molecular formula is C12H12BrN3OS. The third-order valence-corrected chi connectivity index (χ3v) is 4.08. The number of oxime groups is 1. The molecule has 0 unspecified atom stereocenters.